The summed E-state index contributed by atoms with van der Waals surface area (Å²) in [5.74, 6) is -0.167. The smallest absolute Gasteiger partial charge is 0.246 e. The summed E-state index contributed by atoms with van der Waals surface area (Å²) in [5, 5.41) is 5.66. The molecule has 0 fully saturated rings. The second-order valence-electron chi connectivity index (χ2n) is 6.04. The molecule has 0 aromatic heterocycles. The molecule has 0 aliphatic heterocycles. The lowest BCUT2D eigenvalue weighted by molar-refractivity contribution is -0.117. The fourth-order valence-electron chi connectivity index (χ4n) is 1.42. The number of rotatable bonds is 6. The van der Waals surface area contributed by atoms with E-state index in [4.69, 9.17) is 0 Å². The van der Waals surface area contributed by atoms with Crippen molar-refractivity contribution in [1.29, 1.82) is 0 Å². The molecule has 2 amide bonds. The molecule has 0 saturated heterocycles. The molecule has 0 aromatic carbocycles. The van der Waals surface area contributed by atoms with E-state index in [1.165, 1.54) is 0 Å². The maximum Gasteiger partial charge on any atom is 0.246 e. The minimum atomic E-state index is -0.152. The monoisotopic (exact) mass is 266 g/mol. The number of carbonyl (C=O) groups excluding carboxylic acids is 2. The summed E-state index contributed by atoms with van der Waals surface area (Å²) in [5.41, 5.74) is 0.947. The molecule has 4 heteroatoms. The highest BCUT2D eigenvalue weighted by atomic mass is 16.2. The summed E-state index contributed by atoms with van der Waals surface area (Å²) in [7, 11) is 0. The molecule has 0 radical (unpaired) electrons. The largest absolute Gasteiger partial charge is 0.352 e. The van der Waals surface area contributed by atoms with E-state index >= 15 is 0 Å². The van der Waals surface area contributed by atoms with Crippen molar-refractivity contribution in [3.63, 3.8) is 0 Å². The van der Waals surface area contributed by atoms with Crippen molar-refractivity contribution in [2.45, 2.75) is 34.6 Å². The lowest BCUT2D eigenvalue weighted by Crippen LogP contribution is -2.42. The first-order valence-corrected chi connectivity index (χ1v) is 6.43. The van der Waals surface area contributed by atoms with E-state index in [1.807, 2.05) is 0 Å². The zero-order chi connectivity index (χ0) is 15.2. The lowest BCUT2D eigenvalue weighted by atomic mass is 9.80. The Hall–Kier alpha value is -1.58. The highest BCUT2D eigenvalue weighted by Gasteiger charge is 2.25. The predicted molar refractivity (Wildman–Crippen MR) is 78.6 cm³/mol. The van der Waals surface area contributed by atoms with Gasteiger partial charge in [0.2, 0.25) is 11.8 Å². The summed E-state index contributed by atoms with van der Waals surface area (Å²) < 4.78 is 0. The predicted octanol–water partition coefficient (Wildman–Crippen LogP) is 2.03. The third-order valence-corrected chi connectivity index (χ3v) is 3.02. The minimum Gasteiger partial charge on any atom is -0.352 e. The Morgan fingerprint density at radius 3 is 1.47 bits per heavy atom. The summed E-state index contributed by atoms with van der Waals surface area (Å²) in [4.78, 5) is 23.0. The molecule has 2 N–H and O–H groups in total. The Bertz CT molecular complexity index is 348. The fraction of sp³-hybridized carbons (Fsp3) is 0.600. The summed E-state index contributed by atoms with van der Waals surface area (Å²) in [6.07, 6.45) is 0. The van der Waals surface area contributed by atoms with E-state index in [0.29, 0.717) is 24.2 Å². The Morgan fingerprint density at radius 2 is 1.26 bits per heavy atom. The molecule has 0 unspecified atom stereocenters. The van der Waals surface area contributed by atoms with Gasteiger partial charge in [-0.05, 0) is 25.2 Å². The maximum absolute atomic E-state index is 11.5. The molecule has 0 aliphatic carbocycles. The van der Waals surface area contributed by atoms with Crippen LogP contribution in [0, 0.1) is 11.3 Å². The van der Waals surface area contributed by atoms with E-state index in [2.05, 4.69) is 44.6 Å². The number of amides is 2. The normalized spacial score (nSPS) is 11.1. The van der Waals surface area contributed by atoms with E-state index < -0.39 is 0 Å². The second kappa shape index (κ2) is 7.12. The number of hydrogen-bond acceptors (Lipinski definition) is 2. The molecule has 0 aliphatic rings. The van der Waals surface area contributed by atoms with Crippen molar-refractivity contribution < 1.29 is 9.59 Å². The molecule has 4 nitrogen and oxygen atoms in total. The average Bonchev–Trinajstić information content (AvgIpc) is 2.25. The third kappa shape index (κ3) is 6.79. The van der Waals surface area contributed by atoms with Crippen LogP contribution in [-0.4, -0.2) is 24.9 Å². The van der Waals surface area contributed by atoms with Gasteiger partial charge in [-0.2, -0.15) is 0 Å². The standard InChI is InChI=1S/C15H26N2O2/c1-10(2)13(18)16-8-12(15(5,6)7)9-17-14(19)11(3)4/h12H,1,3,8-9H2,2,4-7H3,(H,16,18)(H,17,19). The molecule has 0 aromatic rings. The van der Waals surface area contributed by atoms with Crippen LogP contribution in [-0.2, 0) is 9.59 Å². The van der Waals surface area contributed by atoms with Crippen LogP contribution in [0.2, 0.25) is 0 Å². The Kier molecular flexibility index (Phi) is 6.53. The molecule has 0 rings (SSSR count). The van der Waals surface area contributed by atoms with E-state index in [1.54, 1.807) is 13.8 Å². The summed E-state index contributed by atoms with van der Waals surface area (Å²) in [6.45, 7) is 17.8. The van der Waals surface area contributed by atoms with Gasteiger partial charge in [0.1, 0.15) is 0 Å². The highest BCUT2D eigenvalue weighted by molar-refractivity contribution is 5.92. The van der Waals surface area contributed by atoms with Gasteiger partial charge in [-0.15, -0.1) is 0 Å². The fourth-order valence-corrected chi connectivity index (χ4v) is 1.42. The molecule has 0 bridgehead atoms. The van der Waals surface area contributed by atoms with Crippen molar-refractivity contribution in [3.8, 4) is 0 Å². The quantitative estimate of drug-likeness (QED) is 0.723. The van der Waals surface area contributed by atoms with Crippen LogP contribution < -0.4 is 10.6 Å². The first-order valence-electron chi connectivity index (χ1n) is 6.43. The number of nitrogens with one attached hydrogen (secondary N) is 2. The Morgan fingerprint density at radius 1 is 0.947 bits per heavy atom. The van der Waals surface area contributed by atoms with E-state index in [0.717, 1.165) is 0 Å². The first kappa shape index (κ1) is 17.4. The SMILES string of the molecule is C=C(C)C(=O)NCC(CNC(=O)C(=C)C)C(C)(C)C. The average molecular weight is 266 g/mol. The van der Waals surface area contributed by atoms with Gasteiger partial charge < -0.3 is 10.6 Å². The van der Waals surface area contributed by atoms with Gasteiger partial charge in [0.15, 0.2) is 0 Å². The van der Waals surface area contributed by atoms with Crippen LogP contribution in [0.15, 0.2) is 24.3 Å². The van der Waals surface area contributed by atoms with Gasteiger partial charge in [0.25, 0.3) is 0 Å². The Balaban J connectivity index is 4.50. The molecular formula is C15H26N2O2. The molecule has 0 saturated carbocycles. The van der Waals surface area contributed by atoms with Crippen molar-refractivity contribution in [2.75, 3.05) is 13.1 Å². The van der Waals surface area contributed by atoms with Crippen LogP contribution in [0.5, 0.6) is 0 Å². The van der Waals surface area contributed by atoms with Crippen LogP contribution >= 0.6 is 0 Å². The van der Waals surface area contributed by atoms with Crippen molar-refractivity contribution in [1.82, 2.24) is 10.6 Å². The van der Waals surface area contributed by atoms with Crippen LogP contribution in [0.1, 0.15) is 34.6 Å². The number of hydrogen-bond donors (Lipinski definition) is 2. The zero-order valence-electron chi connectivity index (χ0n) is 12.7. The topological polar surface area (TPSA) is 58.2 Å². The van der Waals surface area contributed by atoms with E-state index in [9.17, 15) is 9.59 Å². The molecule has 0 heterocycles. The Labute approximate surface area is 116 Å². The van der Waals surface area contributed by atoms with Crippen LogP contribution in [0.3, 0.4) is 0 Å². The van der Waals surface area contributed by atoms with Gasteiger partial charge in [-0.25, -0.2) is 0 Å². The second-order valence-corrected chi connectivity index (χ2v) is 6.04. The van der Waals surface area contributed by atoms with Gasteiger partial charge in [0, 0.05) is 24.2 Å². The number of carbonyl (C=O) groups is 2. The molecule has 0 atom stereocenters. The van der Waals surface area contributed by atoms with Gasteiger partial charge in [-0.1, -0.05) is 33.9 Å². The van der Waals surface area contributed by atoms with Crippen molar-refractivity contribution >= 4 is 11.8 Å². The summed E-state index contributed by atoms with van der Waals surface area (Å²) >= 11 is 0. The zero-order valence-corrected chi connectivity index (χ0v) is 12.7. The summed E-state index contributed by atoms with van der Waals surface area (Å²) in [6, 6.07) is 0. The maximum atomic E-state index is 11.5. The highest BCUT2D eigenvalue weighted by Crippen LogP contribution is 2.24. The lowest BCUT2D eigenvalue weighted by Gasteiger charge is -2.31. The van der Waals surface area contributed by atoms with E-state index in [-0.39, 0.29) is 23.1 Å². The van der Waals surface area contributed by atoms with Crippen LogP contribution in [0.4, 0.5) is 0 Å². The molecule has 19 heavy (non-hydrogen) atoms. The molecular weight excluding hydrogens is 240 g/mol. The van der Waals surface area contributed by atoms with Crippen molar-refractivity contribution in [2.24, 2.45) is 11.3 Å². The van der Waals surface area contributed by atoms with Gasteiger partial charge >= 0.3 is 0 Å². The minimum absolute atomic E-state index is 0.0231. The third-order valence-electron chi connectivity index (χ3n) is 3.02. The first-order chi connectivity index (χ1) is 8.55. The van der Waals surface area contributed by atoms with Crippen LogP contribution in [0.25, 0.3) is 0 Å². The van der Waals surface area contributed by atoms with Gasteiger partial charge in [-0.3, -0.25) is 9.59 Å². The van der Waals surface area contributed by atoms with Gasteiger partial charge in [0.05, 0.1) is 0 Å². The molecule has 108 valence electrons. The van der Waals surface area contributed by atoms with Crippen molar-refractivity contribution in [3.05, 3.63) is 24.3 Å². The molecule has 0 spiro atoms.